The van der Waals surface area contributed by atoms with E-state index in [0.29, 0.717) is 31.6 Å². The number of methoxy groups -OCH3 is 1. The number of aliphatic hydroxyl groups is 1. The summed E-state index contributed by atoms with van der Waals surface area (Å²) in [5.41, 5.74) is 3.75. The van der Waals surface area contributed by atoms with E-state index in [0.717, 1.165) is 16.1 Å². The zero-order chi connectivity index (χ0) is 17.8. The first kappa shape index (κ1) is 17.8. The average molecular weight is 361 g/mol. The number of thiazole rings is 1. The Hall–Kier alpha value is -1.99. The molecule has 0 radical (unpaired) electrons. The number of rotatable bonds is 7. The van der Waals surface area contributed by atoms with Gasteiger partial charge in [0.15, 0.2) is 0 Å². The monoisotopic (exact) mass is 361 g/mol. The van der Waals surface area contributed by atoms with Crippen molar-refractivity contribution in [1.29, 1.82) is 0 Å². The number of aromatic nitrogens is 2. The van der Waals surface area contributed by atoms with Crippen LogP contribution in [0.3, 0.4) is 0 Å². The summed E-state index contributed by atoms with van der Waals surface area (Å²) >= 11 is 1.59. The van der Waals surface area contributed by atoms with Gasteiger partial charge in [-0.3, -0.25) is 4.79 Å². The van der Waals surface area contributed by atoms with Crippen LogP contribution in [0.4, 0.5) is 0 Å². The molecule has 1 aliphatic rings. The van der Waals surface area contributed by atoms with E-state index < -0.39 is 0 Å². The molecule has 0 bridgehead atoms. The minimum Gasteiger partial charge on any atom is -0.481 e. The molecule has 1 saturated carbocycles. The fourth-order valence-electron chi connectivity index (χ4n) is 3.11. The number of aliphatic hydroxyl groups excluding tert-OH is 1. The molecule has 1 aliphatic carbocycles. The highest BCUT2D eigenvalue weighted by Gasteiger charge is 2.35. The summed E-state index contributed by atoms with van der Waals surface area (Å²) in [5, 5.41) is 12.8. The smallest absolute Gasteiger partial charge is 0.220 e. The number of hydrogen-bond acceptors (Lipinski definition) is 6. The van der Waals surface area contributed by atoms with Gasteiger partial charge in [-0.1, -0.05) is 6.07 Å². The number of aryl methyl sites for hydroxylation is 2. The SMILES string of the molecule is COc1ccc([C@@H](NC(=O)CCc2scnc2C)C2CC(O)C2)cn1. The summed E-state index contributed by atoms with van der Waals surface area (Å²) in [6.07, 6.45) is 4.00. The minimum atomic E-state index is -0.268. The first-order chi connectivity index (χ1) is 12.1. The summed E-state index contributed by atoms with van der Waals surface area (Å²) in [6.45, 7) is 1.96. The van der Waals surface area contributed by atoms with Crippen LogP contribution in [0, 0.1) is 12.8 Å². The molecule has 25 heavy (non-hydrogen) atoms. The van der Waals surface area contributed by atoms with E-state index in [1.807, 2.05) is 18.5 Å². The number of carbonyl (C=O) groups excluding carboxylic acids is 1. The van der Waals surface area contributed by atoms with Gasteiger partial charge in [0.05, 0.1) is 30.5 Å². The molecule has 0 aliphatic heterocycles. The second kappa shape index (κ2) is 7.93. The lowest BCUT2D eigenvalue weighted by Crippen LogP contribution is -2.41. The Labute approximate surface area is 151 Å². The van der Waals surface area contributed by atoms with Gasteiger partial charge in [0.2, 0.25) is 11.8 Å². The molecule has 1 amide bonds. The Balaban J connectivity index is 1.64. The normalized spacial score (nSPS) is 20.6. The Bertz CT molecular complexity index is 711. The van der Waals surface area contributed by atoms with Crippen molar-refractivity contribution in [3.8, 4) is 5.88 Å². The van der Waals surface area contributed by atoms with Crippen LogP contribution in [0.5, 0.6) is 5.88 Å². The molecule has 2 N–H and O–H groups in total. The maximum Gasteiger partial charge on any atom is 0.220 e. The van der Waals surface area contributed by atoms with Crippen LogP contribution in [0.2, 0.25) is 0 Å². The average Bonchev–Trinajstić information content (AvgIpc) is 3.00. The van der Waals surface area contributed by atoms with Gasteiger partial charge in [0, 0.05) is 23.6 Å². The van der Waals surface area contributed by atoms with Crippen molar-refractivity contribution in [2.45, 2.75) is 44.8 Å². The van der Waals surface area contributed by atoms with Crippen LogP contribution in [0.15, 0.2) is 23.8 Å². The molecule has 7 heteroatoms. The highest BCUT2D eigenvalue weighted by Crippen LogP contribution is 2.38. The summed E-state index contributed by atoms with van der Waals surface area (Å²) in [4.78, 5) is 22.1. The van der Waals surface area contributed by atoms with E-state index in [9.17, 15) is 9.90 Å². The molecule has 1 atom stereocenters. The highest BCUT2D eigenvalue weighted by atomic mass is 32.1. The molecular weight excluding hydrogens is 338 g/mol. The Morgan fingerprint density at radius 2 is 2.24 bits per heavy atom. The molecule has 0 unspecified atom stereocenters. The predicted molar refractivity (Wildman–Crippen MR) is 95.6 cm³/mol. The molecule has 0 aromatic carbocycles. The largest absolute Gasteiger partial charge is 0.481 e. The first-order valence-electron chi connectivity index (χ1n) is 8.43. The van der Waals surface area contributed by atoms with Gasteiger partial charge in [0.1, 0.15) is 0 Å². The first-order valence-corrected chi connectivity index (χ1v) is 9.31. The lowest BCUT2D eigenvalue weighted by molar-refractivity contribution is -0.123. The molecule has 6 nitrogen and oxygen atoms in total. The number of hydrogen-bond donors (Lipinski definition) is 2. The summed E-state index contributed by atoms with van der Waals surface area (Å²) in [6, 6.07) is 3.59. The van der Waals surface area contributed by atoms with Crippen molar-refractivity contribution in [3.63, 3.8) is 0 Å². The van der Waals surface area contributed by atoms with Gasteiger partial charge in [0.25, 0.3) is 0 Å². The molecule has 134 valence electrons. The minimum absolute atomic E-state index is 0.00927. The molecule has 2 aromatic heterocycles. The zero-order valence-corrected chi connectivity index (χ0v) is 15.3. The van der Waals surface area contributed by atoms with Crippen LogP contribution in [0.1, 0.15) is 41.4 Å². The topological polar surface area (TPSA) is 84.3 Å². The molecular formula is C18H23N3O3S. The van der Waals surface area contributed by atoms with Gasteiger partial charge in [-0.2, -0.15) is 0 Å². The fraction of sp³-hybridized carbons (Fsp3) is 0.500. The third-order valence-electron chi connectivity index (χ3n) is 4.69. The van der Waals surface area contributed by atoms with Crippen molar-refractivity contribution in [2.24, 2.45) is 5.92 Å². The third kappa shape index (κ3) is 4.35. The van der Waals surface area contributed by atoms with Crippen LogP contribution < -0.4 is 10.1 Å². The highest BCUT2D eigenvalue weighted by molar-refractivity contribution is 7.09. The van der Waals surface area contributed by atoms with Crippen LogP contribution >= 0.6 is 11.3 Å². The maximum atomic E-state index is 12.4. The Kier molecular flexibility index (Phi) is 5.65. The van der Waals surface area contributed by atoms with Gasteiger partial charge in [-0.25, -0.2) is 9.97 Å². The zero-order valence-electron chi connectivity index (χ0n) is 14.4. The second-order valence-electron chi connectivity index (χ2n) is 6.43. The quantitative estimate of drug-likeness (QED) is 0.791. The predicted octanol–water partition coefficient (Wildman–Crippen LogP) is 2.42. The number of nitrogens with zero attached hydrogens (tertiary/aromatic N) is 2. The Morgan fingerprint density at radius 3 is 2.80 bits per heavy atom. The summed E-state index contributed by atoms with van der Waals surface area (Å²) in [7, 11) is 1.57. The fourth-order valence-corrected chi connectivity index (χ4v) is 3.89. The number of ether oxygens (including phenoxy) is 1. The maximum absolute atomic E-state index is 12.4. The van der Waals surface area contributed by atoms with Gasteiger partial charge < -0.3 is 15.2 Å². The lowest BCUT2D eigenvalue weighted by Gasteiger charge is -2.38. The van der Waals surface area contributed by atoms with Crippen molar-refractivity contribution < 1.29 is 14.6 Å². The molecule has 0 spiro atoms. The second-order valence-corrected chi connectivity index (χ2v) is 7.36. The van der Waals surface area contributed by atoms with E-state index in [1.54, 1.807) is 30.7 Å². The Morgan fingerprint density at radius 1 is 1.44 bits per heavy atom. The summed E-state index contributed by atoms with van der Waals surface area (Å²) < 4.78 is 5.10. The molecule has 1 fully saturated rings. The van der Waals surface area contributed by atoms with Crippen molar-refractivity contribution >= 4 is 17.2 Å². The molecule has 3 rings (SSSR count). The summed E-state index contributed by atoms with van der Waals surface area (Å²) in [5.74, 6) is 0.789. The number of carbonyl (C=O) groups is 1. The lowest BCUT2D eigenvalue weighted by atomic mass is 9.75. The standard InChI is InChI=1S/C18H23N3O3S/c1-11-15(25-10-20-11)4-5-16(23)21-18(13-7-14(22)8-13)12-3-6-17(24-2)19-9-12/h3,6,9-10,13-14,18,22H,4-5,7-8H2,1-2H3,(H,21,23)/t13?,14?,18-/m1/s1. The van der Waals surface area contributed by atoms with E-state index in [1.165, 1.54) is 0 Å². The number of amides is 1. The number of pyridine rings is 1. The van der Waals surface area contributed by atoms with E-state index in [-0.39, 0.29) is 24.0 Å². The van der Waals surface area contributed by atoms with Gasteiger partial charge >= 0.3 is 0 Å². The van der Waals surface area contributed by atoms with Crippen LogP contribution in [0.25, 0.3) is 0 Å². The number of nitrogens with one attached hydrogen (secondary N) is 1. The van der Waals surface area contributed by atoms with E-state index in [4.69, 9.17) is 4.74 Å². The van der Waals surface area contributed by atoms with Crippen LogP contribution in [-0.4, -0.2) is 34.2 Å². The molecule has 0 saturated heterocycles. The molecule has 2 aromatic rings. The van der Waals surface area contributed by atoms with Gasteiger partial charge in [-0.05, 0) is 37.7 Å². The van der Waals surface area contributed by atoms with Crippen LogP contribution in [-0.2, 0) is 11.2 Å². The van der Waals surface area contributed by atoms with E-state index in [2.05, 4.69) is 15.3 Å². The third-order valence-corrected chi connectivity index (χ3v) is 5.68. The van der Waals surface area contributed by atoms with Crippen molar-refractivity contribution in [3.05, 3.63) is 40.0 Å². The molecule has 2 heterocycles. The van der Waals surface area contributed by atoms with E-state index >= 15 is 0 Å². The van der Waals surface area contributed by atoms with Gasteiger partial charge in [-0.15, -0.1) is 11.3 Å². The van der Waals surface area contributed by atoms with Crippen molar-refractivity contribution in [2.75, 3.05) is 7.11 Å². The van der Waals surface area contributed by atoms with Crippen molar-refractivity contribution in [1.82, 2.24) is 15.3 Å².